The molecule has 0 aliphatic carbocycles. The standard InChI is InChI=1S/C18H18Cl2N2O2S/c1-22(2)18(24)25-14-9-7-13(8-10-14)21-16(23)11-6-12-4-3-5-15(19)17(12)20/h3-5,7-10H,6,11H2,1-2H3,(H,21,23). The van der Waals surface area contributed by atoms with Crippen molar-refractivity contribution in [2.45, 2.75) is 17.7 Å². The van der Waals surface area contributed by atoms with Crippen LogP contribution in [0.2, 0.25) is 10.0 Å². The van der Waals surface area contributed by atoms with Crippen molar-refractivity contribution in [3.63, 3.8) is 0 Å². The fourth-order valence-corrected chi connectivity index (χ4v) is 3.08. The highest BCUT2D eigenvalue weighted by atomic mass is 35.5. The lowest BCUT2D eigenvalue weighted by Crippen LogP contribution is -2.16. The molecule has 132 valence electrons. The van der Waals surface area contributed by atoms with Gasteiger partial charge in [-0.1, -0.05) is 35.3 Å². The van der Waals surface area contributed by atoms with E-state index in [-0.39, 0.29) is 11.1 Å². The third-order valence-electron chi connectivity index (χ3n) is 3.36. The van der Waals surface area contributed by atoms with Crippen molar-refractivity contribution < 1.29 is 9.59 Å². The van der Waals surface area contributed by atoms with Crippen LogP contribution in [0.3, 0.4) is 0 Å². The number of anilines is 1. The molecule has 0 saturated carbocycles. The third kappa shape index (κ3) is 5.96. The van der Waals surface area contributed by atoms with Crippen molar-refractivity contribution in [1.29, 1.82) is 0 Å². The predicted molar refractivity (Wildman–Crippen MR) is 105 cm³/mol. The van der Waals surface area contributed by atoms with Crippen LogP contribution < -0.4 is 5.32 Å². The average Bonchev–Trinajstić information content (AvgIpc) is 2.58. The smallest absolute Gasteiger partial charge is 0.285 e. The molecule has 4 nitrogen and oxygen atoms in total. The molecule has 0 spiro atoms. The number of rotatable bonds is 5. The number of benzene rings is 2. The van der Waals surface area contributed by atoms with Crippen LogP contribution in [0.1, 0.15) is 12.0 Å². The van der Waals surface area contributed by atoms with E-state index in [2.05, 4.69) is 5.32 Å². The molecule has 7 heteroatoms. The van der Waals surface area contributed by atoms with E-state index in [4.69, 9.17) is 23.2 Å². The average molecular weight is 397 g/mol. The summed E-state index contributed by atoms with van der Waals surface area (Å²) in [5.41, 5.74) is 1.53. The Morgan fingerprint density at radius 3 is 2.40 bits per heavy atom. The van der Waals surface area contributed by atoms with E-state index in [0.29, 0.717) is 28.6 Å². The number of nitrogens with one attached hydrogen (secondary N) is 1. The molecule has 2 rings (SSSR count). The zero-order chi connectivity index (χ0) is 18.4. The van der Waals surface area contributed by atoms with Crippen LogP contribution in [0.4, 0.5) is 10.5 Å². The van der Waals surface area contributed by atoms with Gasteiger partial charge >= 0.3 is 0 Å². The lowest BCUT2D eigenvalue weighted by atomic mass is 10.1. The molecular weight excluding hydrogens is 379 g/mol. The number of nitrogens with zero attached hydrogens (tertiary/aromatic N) is 1. The summed E-state index contributed by atoms with van der Waals surface area (Å²) in [5.74, 6) is -0.110. The van der Waals surface area contributed by atoms with Gasteiger partial charge in [-0.15, -0.1) is 0 Å². The second-order valence-corrected chi connectivity index (χ2v) is 7.36. The molecule has 0 aliphatic rings. The Morgan fingerprint density at radius 1 is 1.08 bits per heavy atom. The minimum Gasteiger partial charge on any atom is -0.339 e. The van der Waals surface area contributed by atoms with E-state index in [1.54, 1.807) is 44.4 Å². The summed E-state index contributed by atoms with van der Waals surface area (Å²) in [4.78, 5) is 26.1. The normalized spacial score (nSPS) is 10.4. The molecule has 0 saturated heterocycles. The van der Waals surface area contributed by atoms with E-state index in [0.717, 1.165) is 22.2 Å². The Balaban J connectivity index is 1.88. The van der Waals surface area contributed by atoms with Gasteiger partial charge in [-0.3, -0.25) is 9.59 Å². The molecule has 0 heterocycles. The lowest BCUT2D eigenvalue weighted by molar-refractivity contribution is -0.116. The first-order valence-corrected chi connectivity index (χ1v) is 9.16. The monoisotopic (exact) mass is 396 g/mol. The summed E-state index contributed by atoms with van der Waals surface area (Å²) in [7, 11) is 3.41. The Bertz CT molecular complexity index is 764. The van der Waals surface area contributed by atoms with Gasteiger partial charge in [0.1, 0.15) is 0 Å². The van der Waals surface area contributed by atoms with Gasteiger partial charge in [0, 0.05) is 31.1 Å². The largest absolute Gasteiger partial charge is 0.339 e. The molecule has 1 N–H and O–H groups in total. The van der Waals surface area contributed by atoms with Gasteiger partial charge < -0.3 is 10.2 Å². The molecular formula is C18H18Cl2N2O2S. The number of carbonyl (C=O) groups is 2. The molecule has 2 amide bonds. The van der Waals surface area contributed by atoms with E-state index in [1.165, 1.54) is 4.90 Å². The Labute approximate surface area is 161 Å². The minimum absolute atomic E-state index is 0.0461. The third-order valence-corrected chi connectivity index (χ3v) is 5.27. The maximum atomic E-state index is 12.1. The van der Waals surface area contributed by atoms with Crippen LogP contribution in [0.25, 0.3) is 0 Å². The van der Waals surface area contributed by atoms with E-state index in [9.17, 15) is 9.59 Å². The van der Waals surface area contributed by atoms with Crippen molar-refractivity contribution in [1.82, 2.24) is 4.90 Å². The van der Waals surface area contributed by atoms with E-state index < -0.39 is 0 Å². The molecule has 0 fully saturated rings. The molecule has 0 unspecified atom stereocenters. The highest BCUT2D eigenvalue weighted by Gasteiger charge is 2.09. The van der Waals surface area contributed by atoms with Gasteiger partial charge in [0.2, 0.25) is 5.91 Å². The fraction of sp³-hybridized carbons (Fsp3) is 0.222. The topological polar surface area (TPSA) is 49.4 Å². The van der Waals surface area contributed by atoms with Gasteiger partial charge in [0.05, 0.1) is 10.0 Å². The minimum atomic E-state index is -0.110. The molecule has 0 aromatic heterocycles. The van der Waals surface area contributed by atoms with Crippen LogP contribution in [-0.2, 0) is 11.2 Å². The fourth-order valence-electron chi connectivity index (χ4n) is 2.01. The number of hydrogen-bond acceptors (Lipinski definition) is 3. The second kappa shape index (κ2) is 9.13. The number of hydrogen-bond donors (Lipinski definition) is 1. The van der Waals surface area contributed by atoms with Gasteiger partial charge in [0.25, 0.3) is 5.24 Å². The molecule has 2 aromatic rings. The highest BCUT2D eigenvalue weighted by Crippen LogP contribution is 2.26. The molecule has 0 atom stereocenters. The van der Waals surface area contributed by atoms with Crippen molar-refractivity contribution in [3.05, 3.63) is 58.1 Å². The van der Waals surface area contributed by atoms with Crippen molar-refractivity contribution in [2.75, 3.05) is 19.4 Å². The molecule has 0 bridgehead atoms. The molecule has 2 aromatic carbocycles. The summed E-state index contributed by atoms with van der Waals surface area (Å²) in [6.07, 6.45) is 0.812. The van der Waals surface area contributed by atoms with Gasteiger partial charge in [-0.05, 0) is 54.1 Å². The lowest BCUT2D eigenvalue weighted by Gasteiger charge is -2.10. The Hall–Kier alpha value is -1.69. The van der Waals surface area contributed by atoms with Gasteiger partial charge in [-0.2, -0.15) is 0 Å². The van der Waals surface area contributed by atoms with Crippen LogP contribution in [0.5, 0.6) is 0 Å². The molecule has 0 radical (unpaired) electrons. The predicted octanol–water partition coefficient (Wildman–Crippen LogP) is 5.34. The van der Waals surface area contributed by atoms with Crippen LogP contribution in [0, 0.1) is 0 Å². The first kappa shape index (κ1) is 19.6. The number of carbonyl (C=O) groups excluding carboxylic acids is 2. The van der Waals surface area contributed by atoms with Gasteiger partial charge in [0.15, 0.2) is 0 Å². The zero-order valence-electron chi connectivity index (χ0n) is 13.9. The summed E-state index contributed by atoms with van der Waals surface area (Å²) < 4.78 is 0. The van der Waals surface area contributed by atoms with Crippen molar-refractivity contribution in [2.24, 2.45) is 0 Å². The van der Waals surface area contributed by atoms with E-state index >= 15 is 0 Å². The first-order valence-electron chi connectivity index (χ1n) is 7.58. The van der Waals surface area contributed by atoms with Crippen LogP contribution in [-0.4, -0.2) is 30.1 Å². The molecule has 0 aliphatic heterocycles. The van der Waals surface area contributed by atoms with Crippen LogP contribution in [0.15, 0.2) is 47.4 Å². The Kier molecular flexibility index (Phi) is 7.17. The quantitative estimate of drug-likeness (QED) is 0.693. The van der Waals surface area contributed by atoms with E-state index in [1.807, 2.05) is 12.1 Å². The summed E-state index contributed by atoms with van der Waals surface area (Å²) in [6.45, 7) is 0. The SMILES string of the molecule is CN(C)C(=O)Sc1ccc(NC(=O)CCc2cccc(Cl)c2Cl)cc1. The van der Waals surface area contributed by atoms with Gasteiger partial charge in [-0.25, -0.2) is 0 Å². The van der Waals surface area contributed by atoms with Crippen LogP contribution >= 0.6 is 35.0 Å². The highest BCUT2D eigenvalue weighted by molar-refractivity contribution is 8.13. The first-order chi connectivity index (χ1) is 11.9. The number of halogens is 2. The number of aryl methyl sites for hydroxylation is 1. The molecule has 25 heavy (non-hydrogen) atoms. The zero-order valence-corrected chi connectivity index (χ0v) is 16.2. The summed E-state index contributed by atoms with van der Waals surface area (Å²) >= 11 is 13.2. The maximum absolute atomic E-state index is 12.1. The maximum Gasteiger partial charge on any atom is 0.285 e. The summed E-state index contributed by atoms with van der Waals surface area (Å²) in [5, 5.41) is 3.76. The second-order valence-electron chi connectivity index (χ2n) is 5.55. The Morgan fingerprint density at radius 2 is 1.76 bits per heavy atom. The number of amides is 2. The number of thioether (sulfide) groups is 1. The van der Waals surface area contributed by atoms with Crippen molar-refractivity contribution >= 4 is 51.8 Å². The van der Waals surface area contributed by atoms with Crippen molar-refractivity contribution in [3.8, 4) is 0 Å². The summed E-state index contributed by atoms with van der Waals surface area (Å²) in [6, 6.07) is 12.5.